The van der Waals surface area contributed by atoms with Crippen LogP contribution in [0.25, 0.3) is 0 Å². The molecule has 1 aliphatic heterocycles. The van der Waals surface area contributed by atoms with Gasteiger partial charge >= 0.3 is 5.97 Å². The summed E-state index contributed by atoms with van der Waals surface area (Å²) in [5.74, 6) is -2.15. The number of hydrazine groups is 1. The van der Waals surface area contributed by atoms with Gasteiger partial charge in [-0.1, -0.05) is 6.07 Å². The molecule has 206 valence electrons. The monoisotopic (exact) mass is 533 g/mol. The molecule has 2 aromatic carbocycles. The molecular formula is C27H33F2N3O6. The fourth-order valence-corrected chi connectivity index (χ4v) is 3.59. The summed E-state index contributed by atoms with van der Waals surface area (Å²) in [5.41, 5.74) is 4.16. The standard InChI is InChI=1S/C27H33F2N3O6/c1-26(2,3)38-23(34)11-12-27(25(35)32-30-16-18-5-10-21(28)22(29)15-18)17-37-24(31-27)19-6-8-20(9-7-19)36-14-4-13-33/h5-10,15,30,33H,4,11-14,16-17H2,1-3H3,(H,32,35)/t27-/m0/s1. The molecule has 0 spiro atoms. The van der Waals surface area contributed by atoms with Crippen LogP contribution in [0.1, 0.15) is 51.2 Å². The minimum Gasteiger partial charge on any atom is -0.494 e. The maximum Gasteiger partial charge on any atom is 0.306 e. The fraction of sp³-hybridized carbons (Fsp3) is 0.444. The first kappa shape index (κ1) is 29.0. The van der Waals surface area contributed by atoms with Crippen molar-refractivity contribution in [1.82, 2.24) is 10.9 Å². The molecule has 0 aromatic heterocycles. The first-order valence-electron chi connectivity index (χ1n) is 12.3. The highest BCUT2D eigenvalue weighted by molar-refractivity contribution is 6.00. The van der Waals surface area contributed by atoms with Crippen molar-refractivity contribution in [2.24, 2.45) is 4.99 Å². The Morgan fingerprint density at radius 1 is 1.13 bits per heavy atom. The molecule has 3 rings (SSSR count). The molecule has 2 aromatic rings. The van der Waals surface area contributed by atoms with Crippen LogP contribution in [0.4, 0.5) is 8.78 Å². The molecule has 3 N–H and O–H groups in total. The fourth-order valence-electron chi connectivity index (χ4n) is 3.59. The first-order valence-corrected chi connectivity index (χ1v) is 12.3. The molecule has 9 nitrogen and oxygen atoms in total. The van der Waals surface area contributed by atoms with Crippen LogP contribution in [-0.4, -0.2) is 53.8 Å². The van der Waals surface area contributed by atoms with E-state index < -0.39 is 34.7 Å². The number of aliphatic hydroxyl groups excluding tert-OH is 1. The van der Waals surface area contributed by atoms with E-state index >= 15 is 0 Å². The van der Waals surface area contributed by atoms with Gasteiger partial charge in [-0.25, -0.2) is 19.2 Å². The van der Waals surface area contributed by atoms with Gasteiger partial charge in [0.15, 0.2) is 17.2 Å². The molecular weight excluding hydrogens is 500 g/mol. The van der Waals surface area contributed by atoms with Crippen molar-refractivity contribution in [2.75, 3.05) is 19.8 Å². The predicted molar refractivity (Wildman–Crippen MR) is 135 cm³/mol. The number of amides is 1. The lowest BCUT2D eigenvalue weighted by molar-refractivity contribution is -0.155. The Labute approximate surface area is 220 Å². The van der Waals surface area contributed by atoms with E-state index in [9.17, 15) is 18.4 Å². The minimum absolute atomic E-state index is 0.0203. The maximum atomic E-state index is 13.5. The van der Waals surface area contributed by atoms with Crippen molar-refractivity contribution in [3.63, 3.8) is 0 Å². The zero-order valence-electron chi connectivity index (χ0n) is 21.7. The van der Waals surface area contributed by atoms with Gasteiger partial charge in [-0.15, -0.1) is 0 Å². The number of aliphatic imine (C=N–C) groups is 1. The molecule has 38 heavy (non-hydrogen) atoms. The molecule has 0 saturated heterocycles. The van der Waals surface area contributed by atoms with Gasteiger partial charge in [0.25, 0.3) is 5.91 Å². The number of benzene rings is 2. The first-order chi connectivity index (χ1) is 18.0. The summed E-state index contributed by atoms with van der Waals surface area (Å²) in [5, 5.41) is 8.89. The normalized spacial score (nSPS) is 16.9. The van der Waals surface area contributed by atoms with E-state index in [2.05, 4.69) is 15.8 Å². The van der Waals surface area contributed by atoms with Crippen LogP contribution >= 0.6 is 0 Å². The third-order valence-electron chi connectivity index (χ3n) is 5.50. The average molecular weight is 534 g/mol. The number of ether oxygens (including phenoxy) is 3. The Bertz CT molecular complexity index is 1150. The molecule has 1 atom stereocenters. The van der Waals surface area contributed by atoms with Crippen LogP contribution in [0, 0.1) is 11.6 Å². The second kappa shape index (κ2) is 12.8. The van der Waals surface area contributed by atoms with Crippen LogP contribution < -0.4 is 15.6 Å². The Kier molecular flexibility index (Phi) is 9.76. The van der Waals surface area contributed by atoms with E-state index in [-0.39, 0.29) is 38.5 Å². The van der Waals surface area contributed by atoms with Crippen LogP contribution in [0.15, 0.2) is 47.5 Å². The number of rotatable bonds is 12. The second-order valence-corrected chi connectivity index (χ2v) is 9.83. The summed E-state index contributed by atoms with van der Waals surface area (Å²) in [6, 6.07) is 10.3. The van der Waals surface area contributed by atoms with E-state index in [4.69, 9.17) is 19.3 Å². The Morgan fingerprint density at radius 3 is 2.53 bits per heavy atom. The quantitative estimate of drug-likeness (QED) is 0.218. The zero-order valence-corrected chi connectivity index (χ0v) is 21.7. The molecule has 0 radical (unpaired) electrons. The molecule has 0 unspecified atom stereocenters. The third kappa shape index (κ3) is 8.22. The smallest absolute Gasteiger partial charge is 0.306 e. The van der Waals surface area contributed by atoms with Crippen molar-refractivity contribution in [3.05, 3.63) is 65.2 Å². The number of carbonyl (C=O) groups excluding carboxylic acids is 2. The largest absolute Gasteiger partial charge is 0.494 e. The maximum absolute atomic E-state index is 13.5. The van der Waals surface area contributed by atoms with Gasteiger partial charge in [0.05, 0.1) is 6.61 Å². The summed E-state index contributed by atoms with van der Waals surface area (Å²) in [6.45, 7) is 5.58. The summed E-state index contributed by atoms with van der Waals surface area (Å²) in [6.07, 6.45) is 0.453. The van der Waals surface area contributed by atoms with E-state index in [0.29, 0.717) is 29.9 Å². The van der Waals surface area contributed by atoms with Gasteiger partial charge in [0.1, 0.15) is 18.0 Å². The second-order valence-electron chi connectivity index (χ2n) is 9.83. The highest BCUT2D eigenvalue weighted by Gasteiger charge is 2.45. The number of hydrogen-bond donors (Lipinski definition) is 3. The lowest BCUT2D eigenvalue weighted by Crippen LogP contribution is -2.51. The summed E-state index contributed by atoms with van der Waals surface area (Å²) in [4.78, 5) is 30.2. The van der Waals surface area contributed by atoms with E-state index in [1.807, 2.05) is 0 Å². The predicted octanol–water partition coefficient (Wildman–Crippen LogP) is 3.18. The molecule has 0 bridgehead atoms. The molecule has 0 fully saturated rings. The molecule has 11 heteroatoms. The molecule has 1 heterocycles. The number of hydrogen-bond acceptors (Lipinski definition) is 8. The number of carbonyl (C=O) groups is 2. The third-order valence-corrected chi connectivity index (χ3v) is 5.50. The summed E-state index contributed by atoms with van der Waals surface area (Å²) in [7, 11) is 0. The van der Waals surface area contributed by atoms with Gasteiger partial charge in [0.2, 0.25) is 5.90 Å². The van der Waals surface area contributed by atoms with E-state index in [1.165, 1.54) is 6.07 Å². The highest BCUT2D eigenvalue weighted by atomic mass is 19.2. The van der Waals surface area contributed by atoms with Gasteiger partial charge < -0.3 is 19.3 Å². The van der Waals surface area contributed by atoms with E-state index in [0.717, 1.165) is 12.1 Å². The minimum atomic E-state index is -1.43. The number of esters is 1. The lowest BCUT2D eigenvalue weighted by Gasteiger charge is -2.24. The van der Waals surface area contributed by atoms with Gasteiger partial charge in [-0.2, -0.15) is 0 Å². The number of aliphatic hydroxyl groups is 1. The van der Waals surface area contributed by atoms with Gasteiger partial charge in [0, 0.05) is 31.6 Å². The Hall–Kier alpha value is -3.57. The van der Waals surface area contributed by atoms with Gasteiger partial charge in [-0.3, -0.25) is 15.0 Å². The molecule has 0 saturated carbocycles. The zero-order chi connectivity index (χ0) is 27.8. The van der Waals surface area contributed by atoms with Crippen molar-refractivity contribution in [1.29, 1.82) is 0 Å². The van der Waals surface area contributed by atoms with Crippen LogP contribution in [0.2, 0.25) is 0 Å². The average Bonchev–Trinajstić information content (AvgIpc) is 3.30. The molecule has 1 aliphatic rings. The number of nitrogens with one attached hydrogen (secondary N) is 2. The van der Waals surface area contributed by atoms with Crippen molar-refractivity contribution in [2.45, 2.75) is 57.7 Å². The van der Waals surface area contributed by atoms with Crippen LogP contribution in [0.3, 0.4) is 0 Å². The number of halogens is 2. The highest BCUT2D eigenvalue weighted by Crippen LogP contribution is 2.28. The topological polar surface area (TPSA) is 118 Å². The van der Waals surface area contributed by atoms with Crippen molar-refractivity contribution >= 4 is 17.8 Å². The van der Waals surface area contributed by atoms with Crippen LogP contribution in [-0.2, 0) is 25.6 Å². The van der Waals surface area contributed by atoms with E-state index in [1.54, 1.807) is 45.0 Å². The Morgan fingerprint density at radius 2 is 1.87 bits per heavy atom. The lowest BCUT2D eigenvalue weighted by atomic mass is 9.94. The Balaban J connectivity index is 1.73. The SMILES string of the molecule is CC(C)(C)OC(=O)CC[C@@]1(C(=O)NNCc2ccc(F)c(F)c2)COC(c2ccc(OCCCO)cc2)=N1. The molecule has 1 amide bonds. The molecule has 0 aliphatic carbocycles. The van der Waals surface area contributed by atoms with Crippen LogP contribution in [0.5, 0.6) is 5.75 Å². The van der Waals surface area contributed by atoms with Crippen molar-refractivity contribution in [3.8, 4) is 5.75 Å². The van der Waals surface area contributed by atoms with Gasteiger partial charge in [-0.05, 0) is 69.2 Å². The van der Waals surface area contributed by atoms with Crippen molar-refractivity contribution < 1.29 is 37.7 Å². The number of nitrogens with zero attached hydrogens (tertiary/aromatic N) is 1. The summed E-state index contributed by atoms with van der Waals surface area (Å²) < 4.78 is 43.4. The summed E-state index contributed by atoms with van der Waals surface area (Å²) >= 11 is 0.